The predicted molar refractivity (Wildman–Crippen MR) is 105 cm³/mol. The van der Waals surface area contributed by atoms with Crippen molar-refractivity contribution in [2.45, 2.75) is 39.8 Å². The number of nitrogens with zero attached hydrogens (tertiary/aromatic N) is 5. The summed E-state index contributed by atoms with van der Waals surface area (Å²) >= 11 is 0. The van der Waals surface area contributed by atoms with Crippen molar-refractivity contribution in [1.82, 2.24) is 20.0 Å². The van der Waals surface area contributed by atoms with Gasteiger partial charge in [-0.3, -0.25) is 4.68 Å². The van der Waals surface area contributed by atoms with Crippen molar-refractivity contribution >= 4 is 5.96 Å². The number of guanidine groups is 1. The summed E-state index contributed by atoms with van der Waals surface area (Å²) in [6.07, 6.45) is 2.02. The monoisotopic (exact) mass is 370 g/mol. The molecule has 1 aromatic carbocycles. The number of hydrogen-bond acceptors (Lipinski definition) is 3. The summed E-state index contributed by atoms with van der Waals surface area (Å²) in [7, 11) is 3.87. The summed E-state index contributed by atoms with van der Waals surface area (Å²) in [6, 6.07) is 6.40. The molecule has 0 saturated heterocycles. The van der Waals surface area contributed by atoms with Gasteiger partial charge in [0.15, 0.2) is 5.96 Å². The summed E-state index contributed by atoms with van der Waals surface area (Å²) in [5, 5.41) is 16.6. The molecule has 0 bridgehead atoms. The van der Waals surface area contributed by atoms with E-state index in [1.807, 2.05) is 42.9 Å². The first-order valence-electron chi connectivity index (χ1n) is 9.06. The summed E-state index contributed by atoms with van der Waals surface area (Å²) in [6.45, 7) is 7.81. The number of aryl methyl sites for hydroxylation is 1. The van der Waals surface area contributed by atoms with Crippen LogP contribution in [0.15, 0.2) is 29.4 Å². The minimum atomic E-state index is -0.411. The zero-order chi connectivity index (χ0) is 20.0. The maximum atomic E-state index is 14.1. The van der Waals surface area contributed by atoms with Crippen LogP contribution < -0.4 is 5.32 Å². The Morgan fingerprint density at radius 3 is 2.74 bits per heavy atom. The fraction of sp³-hybridized carbons (Fsp3) is 0.450. The van der Waals surface area contributed by atoms with Crippen molar-refractivity contribution in [3.8, 4) is 6.07 Å². The lowest BCUT2D eigenvalue weighted by Crippen LogP contribution is -2.38. The van der Waals surface area contributed by atoms with E-state index in [2.05, 4.69) is 29.3 Å². The van der Waals surface area contributed by atoms with Crippen molar-refractivity contribution < 1.29 is 4.39 Å². The molecule has 2 rings (SSSR count). The molecule has 0 aliphatic carbocycles. The molecule has 0 aliphatic rings. The van der Waals surface area contributed by atoms with Crippen LogP contribution >= 0.6 is 0 Å². The van der Waals surface area contributed by atoms with Crippen molar-refractivity contribution in [3.63, 3.8) is 0 Å². The van der Waals surface area contributed by atoms with Crippen molar-refractivity contribution in [1.29, 1.82) is 5.26 Å². The Labute approximate surface area is 160 Å². The first-order valence-corrected chi connectivity index (χ1v) is 9.06. The van der Waals surface area contributed by atoms with Gasteiger partial charge in [0.25, 0.3) is 0 Å². The van der Waals surface area contributed by atoms with Gasteiger partial charge in [0.1, 0.15) is 5.82 Å². The molecule has 0 saturated carbocycles. The first-order chi connectivity index (χ1) is 12.8. The Kier molecular flexibility index (Phi) is 6.94. The molecular weight excluding hydrogens is 343 g/mol. The summed E-state index contributed by atoms with van der Waals surface area (Å²) < 4.78 is 15.9. The van der Waals surface area contributed by atoms with Gasteiger partial charge in [0.2, 0.25) is 0 Å². The van der Waals surface area contributed by atoms with E-state index in [9.17, 15) is 4.39 Å². The van der Waals surface area contributed by atoms with E-state index >= 15 is 0 Å². The van der Waals surface area contributed by atoms with E-state index in [1.54, 1.807) is 12.1 Å². The smallest absolute Gasteiger partial charge is 0.194 e. The molecular formula is C20H27FN6. The lowest BCUT2D eigenvalue weighted by Gasteiger charge is -2.22. The van der Waals surface area contributed by atoms with E-state index in [0.717, 1.165) is 11.3 Å². The average molecular weight is 370 g/mol. The van der Waals surface area contributed by atoms with Gasteiger partial charge in [0.05, 0.1) is 23.9 Å². The molecule has 0 radical (unpaired) electrons. The van der Waals surface area contributed by atoms with E-state index in [4.69, 9.17) is 5.26 Å². The van der Waals surface area contributed by atoms with Gasteiger partial charge in [-0.1, -0.05) is 19.9 Å². The minimum Gasteiger partial charge on any atom is -0.357 e. The largest absolute Gasteiger partial charge is 0.357 e. The lowest BCUT2D eigenvalue weighted by molar-refractivity contribution is 0.473. The Bertz CT molecular complexity index is 847. The molecule has 27 heavy (non-hydrogen) atoms. The Morgan fingerprint density at radius 2 is 2.15 bits per heavy atom. The van der Waals surface area contributed by atoms with Gasteiger partial charge < -0.3 is 10.2 Å². The van der Waals surface area contributed by atoms with E-state index in [1.165, 1.54) is 6.07 Å². The highest BCUT2D eigenvalue weighted by molar-refractivity contribution is 5.79. The third-order valence-corrected chi connectivity index (χ3v) is 4.17. The van der Waals surface area contributed by atoms with Crippen LogP contribution in [0.3, 0.4) is 0 Å². The number of nitrogens with one attached hydrogen (secondary N) is 1. The second-order valence-corrected chi connectivity index (χ2v) is 6.81. The lowest BCUT2D eigenvalue weighted by atomic mass is 10.1. The number of rotatable bonds is 6. The molecule has 1 N–H and O–H groups in total. The molecule has 6 nitrogen and oxygen atoms in total. The fourth-order valence-corrected chi connectivity index (χ4v) is 2.87. The molecule has 2 aromatic rings. The molecule has 0 fully saturated rings. The highest BCUT2D eigenvalue weighted by Gasteiger charge is 2.15. The normalized spacial score (nSPS) is 11.6. The van der Waals surface area contributed by atoms with Crippen LogP contribution in [0.4, 0.5) is 4.39 Å². The molecule has 1 aromatic heterocycles. The Hall–Kier alpha value is -2.88. The highest BCUT2D eigenvalue weighted by Crippen LogP contribution is 2.19. The van der Waals surface area contributed by atoms with Gasteiger partial charge >= 0.3 is 0 Å². The number of nitriles is 1. The molecule has 0 unspecified atom stereocenters. The van der Waals surface area contributed by atoms with Gasteiger partial charge in [0, 0.05) is 44.5 Å². The molecule has 7 heteroatoms. The zero-order valence-electron chi connectivity index (χ0n) is 16.6. The fourth-order valence-electron chi connectivity index (χ4n) is 2.87. The second kappa shape index (κ2) is 9.17. The molecule has 0 spiro atoms. The molecule has 0 atom stereocenters. The van der Waals surface area contributed by atoms with Crippen molar-refractivity contribution in [2.75, 3.05) is 13.6 Å². The molecule has 144 valence electrons. The van der Waals surface area contributed by atoms with Crippen LogP contribution in [-0.2, 0) is 20.1 Å². The number of hydrogen-bond donors (Lipinski definition) is 1. The first kappa shape index (κ1) is 20.4. The highest BCUT2D eigenvalue weighted by atomic mass is 19.1. The summed E-state index contributed by atoms with van der Waals surface area (Å²) in [4.78, 5) is 6.57. The van der Waals surface area contributed by atoms with Crippen molar-refractivity contribution in [3.05, 3.63) is 52.6 Å². The maximum absolute atomic E-state index is 14.1. The number of halogens is 1. The summed E-state index contributed by atoms with van der Waals surface area (Å²) in [5.74, 6) is 0.618. The predicted octanol–water partition coefficient (Wildman–Crippen LogP) is 3.15. The van der Waals surface area contributed by atoms with Crippen LogP contribution in [-0.4, -0.2) is 34.2 Å². The Balaban J connectivity index is 2.18. The number of benzene rings is 1. The average Bonchev–Trinajstić information content (AvgIpc) is 2.99. The van der Waals surface area contributed by atoms with Gasteiger partial charge in [-0.15, -0.1) is 0 Å². The second-order valence-electron chi connectivity index (χ2n) is 6.81. The van der Waals surface area contributed by atoms with Crippen LogP contribution in [0.25, 0.3) is 0 Å². The molecule has 0 amide bonds. The third kappa shape index (κ3) is 5.30. The SMILES string of the molecule is CCNC(=NCc1ccc(C#N)cc1F)N(C)Cc1cn(C)nc1C(C)C. The van der Waals surface area contributed by atoms with Crippen LogP contribution in [0.5, 0.6) is 0 Å². The van der Waals surface area contributed by atoms with E-state index < -0.39 is 5.82 Å². The van der Waals surface area contributed by atoms with E-state index in [-0.39, 0.29) is 6.54 Å². The summed E-state index contributed by atoms with van der Waals surface area (Å²) in [5.41, 5.74) is 2.98. The zero-order valence-corrected chi connectivity index (χ0v) is 16.6. The molecule has 0 aliphatic heterocycles. The topological polar surface area (TPSA) is 69.2 Å². The van der Waals surface area contributed by atoms with Gasteiger partial charge in [-0.05, 0) is 25.0 Å². The number of aliphatic imine (C=N–C) groups is 1. The molecule has 1 heterocycles. The standard InChI is InChI=1S/C20H27FN6/c1-6-23-20(24-11-16-8-7-15(10-22)9-18(16)21)26(4)12-17-13-27(5)25-19(17)14(2)3/h7-9,13-14H,6,11-12H2,1-5H3,(H,23,24). The van der Waals surface area contributed by atoms with E-state index in [0.29, 0.717) is 36.1 Å². The number of aromatic nitrogens is 2. The van der Waals surface area contributed by atoms with Crippen LogP contribution in [0.2, 0.25) is 0 Å². The van der Waals surface area contributed by atoms with Crippen molar-refractivity contribution in [2.24, 2.45) is 12.0 Å². The third-order valence-electron chi connectivity index (χ3n) is 4.17. The minimum absolute atomic E-state index is 0.203. The van der Waals surface area contributed by atoms with Crippen LogP contribution in [0.1, 0.15) is 49.1 Å². The Morgan fingerprint density at radius 1 is 1.41 bits per heavy atom. The van der Waals surface area contributed by atoms with Crippen LogP contribution in [0, 0.1) is 17.1 Å². The maximum Gasteiger partial charge on any atom is 0.194 e. The van der Waals surface area contributed by atoms with Gasteiger partial charge in [-0.2, -0.15) is 10.4 Å². The quantitative estimate of drug-likeness (QED) is 0.626. The van der Waals surface area contributed by atoms with Gasteiger partial charge in [-0.25, -0.2) is 9.38 Å².